The van der Waals surface area contributed by atoms with E-state index in [1.54, 1.807) is 12.1 Å². The highest BCUT2D eigenvalue weighted by molar-refractivity contribution is 5.82. The van der Waals surface area contributed by atoms with Crippen LogP contribution in [0.15, 0.2) is 24.3 Å². The van der Waals surface area contributed by atoms with E-state index in [4.69, 9.17) is 5.73 Å². The summed E-state index contributed by atoms with van der Waals surface area (Å²) in [7, 11) is 0. The predicted molar refractivity (Wildman–Crippen MR) is 75.3 cm³/mol. The van der Waals surface area contributed by atoms with E-state index in [9.17, 15) is 9.18 Å². The van der Waals surface area contributed by atoms with Crippen LogP contribution in [0.5, 0.6) is 0 Å². The lowest BCUT2D eigenvalue weighted by molar-refractivity contribution is -0.129. The molecule has 1 aromatic carbocycles. The van der Waals surface area contributed by atoms with Crippen LogP contribution in [0.2, 0.25) is 0 Å². The van der Waals surface area contributed by atoms with Crippen molar-refractivity contribution in [3.63, 3.8) is 0 Å². The number of hydrogen-bond donors (Lipinski definition) is 2. The molecule has 0 saturated carbocycles. The standard InChI is InChI=1S/C15H23FN2O/c1-14(2,9-17)13(19)18-10-15(3,4)11-5-7-12(16)8-6-11/h5-8H,9-10,17H2,1-4H3,(H,18,19). The third-order valence-corrected chi connectivity index (χ3v) is 3.44. The van der Waals surface area contributed by atoms with Gasteiger partial charge in [0.15, 0.2) is 0 Å². The minimum atomic E-state index is -0.571. The van der Waals surface area contributed by atoms with Gasteiger partial charge in [-0.1, -0.05) is 26.0 Å². The van der Waals surface area contributed by atoms with Gasteiger partial charge in [0.2, 0.25) is 5.91 Å². The zero-order valence-corrected chi connectivity index (χ0v) is 12.1. The first kappa shape index (κ1) is 15.6. The molecule has 3 N–H and O–H groups in total. The van der Waals surface area contributed by atoms with Gasteiger partial charge in [0.05, 0.1) is 5.41 Å². The normalized spacial score (nSPS) is 12.3. The maximum Gasteiger partial charge on any atom is 0.226 e. The van der Waals surface area contributed by atoms with Crippen LogP contribution < -0.4 is 11.1 Å². The van der Waals surface area contributed by atoms with Crippen LogP contribution in [0.25, 0.3) is 0 Å². The lowest BCUT2D eigenvalue weighted by Crippen LogP contribution is -2.45. The van der Waals surface area contributed by atoms with Crippen LogP contribution >= 0.6 is 0 Å². The molecule has 0 heterocycles. The molecular weight excluding hydrogens is 243 g/mol. The van der Waals surface area contributed by atoms with Crippen molar-refractivity contribution in [1.82, 2.24) is 5.32 Å². The molecule has 0 spiro atoms. The zero-order valence-electron chi connectivity index (χ0n) is 12.1. The van der Waals surface area contributed by atoms with Gasteiger partial charge in [-0.05, 0) is 31.5 Å². The fourth-order valence-electron chi connectivity index (χ4n) is 1.64. The van der Waals surface area contributed by atoms with E-state index in [1.807, 2.05) is 27.7 Å². The molecule has 19 heavy (non-hydrogen) atoms. The van der Waals surface area contributed by atoms with Gasteiger partial charge in [0, 0.05) is 18.5 Å². The summed E-state index contributed by atoms with van der Waals surface area (Å²) in [4.78, 5) is 12.0. The monoisotopic (exact) mass is 266 g/mol. The third kappa shape index (κ3) is 4.03. The maximum atomic E-state index is 12.9. The van der Waals surface area contributed by atoms with Gasteiger partial charge >= 0.3 is 0 Å². The number of carbonyl (C=O) groups excluding carboxylic acids is 1. The molecule has 3 nitrogen and oxygen atoms in total. The van der Waals surface area contributed by atoms with Crippen molar-refractivity contribution in [2.75, 3.05) is 13.1 Å². The third-order valence-electron chi connectivity index (χ3n) is 3.44. The summed E-state index contributed by atoms with van der Waals surface area (Å²) in [6.07, 6.45) is 0. The lowest BCUT2D eigenvalue weighted by atomic mass is 9.84. The fraction of sp³-hybridized carbons (Fsp3) is 0.533. The van der Waals surface area contributed by atoms with Crippen molar-refractivity contribution in [3.8, 4) is 0 Å². The highest BCUT2D eigenvalue weighted by Crippen LogP contribution is 2.23. The molecule has 0 atom stereocenters. The Bertz CT molecular complexity index is 438. The summed E-state index contributed by atoms with van der Waals surface area (Å²) in [5.41, 5.74) is 5.73. The Balaban J connectivity index is 2.70. The van der Waals surface area contributed by atoms with Crippen molar-refractivity contribution in [3.05, 3.63) is 35.6 Å². The molecule has 4 heteroatoms. The zero-order chi connectivity index (χ0) is 14.7. The van der Waals surface area contributed by atoms with Crippen LogP contribution in [0.4, 0.5) is 4.39 Å². The average molecular weight is 266 g/mol. The number of benzene rings is 1. The van der Waals surface area contributed by atoms with Crippen LogP contribution in [0.3, 0.4) is 0 Å². The van der Waals surface area contributed by atoms with Gasteiger partial charge in [0.25, 0.3) is 0 Å². The Kier molecular flexibility index (Phi) is 4.69. The highest BCUT2D eigenvalue weighted by Gasteiger charge is 2.28. The number of hydrogen-bond acceptors (Lipinski definition) is 2. The van der Waals surface area contributed by atoms with E-state index in [-0.39, 0.29) is 17.1 Å². The van der Waals surface area contributed by atoms with Gasteiger partial charge in [-0.3, -0.25) is 4.79 Å². The highest BCUT2D eigenvalue weighted by atomic mass is 19.1. The Morgan fingerprint density at radius 1 is 1.21 bits per heavy atom. The second kappa shape index (κ2) is 5.70. The largest absolute Gasteiger partial charge is 0.355 e. The summed E-state index contributed by atoms with van der Waals surface area (Å²) in [5.74, 6) is -0.321. The number of nitrogens with one attached hydrogen (secondary N) is 1. The first-order valence-electron chi connectivity index (χ1n) is 6.43. The Labute approximate surface area is 114 Å². The maximum absolute atomic E-state index is 12.9. The van der Waals surface area contributed by atoms with E-state index in [2.05, 4.69) is 5.32 Å². The molecule has 106 valence electrons. The van der Waals surface area contributed by atoms with Crippen LogP contribution in [-0.2, 0) is 10.2 Å². The lowest BCUT2D eigenvalue weighted by Gasteiger charge is -2.28. The number of carbonyl (C=O) groups is 1. The Morgan fingerprint density at radius 2 is 1.74 bits per heavy atom. The van der Waals surface area contributed by atoms with Gasteiger partial charge in [-0.15, -0.1) is 0 Å². The molecule has 1 amide bonds. The van der Waals surface area contributed by atoms with Gasteiger partial charge in [0.1, 0.15) is 5.82 Å². The van der Waals surface area contributed by atoms with Crippen LogP contribution in [0.1, 0.15) is 33.3 Å². The molecule has 0 unspecified atom stereocenters. The van der Waals surface area contributed by atoms with Crippen molar-refractivity contribution in [2.24, 2.45) is 11.1 Å². The number of halogens is 1. The second-order valence-corrected chi connectivity index (χ2v) is 6.16. The number of nitrogens with two attached hydrogens (primary N) is 1. The van der Waals surface area contributed by atoms with Gasteiger partial charge in [-0.25, -0.2) is 4.39 Å². The predicted octanol–water partition coefficient (Wildman–Crippen LogP) is 2.20. The van der Waals surface area contributed by atoms with Crippen molar-refractivity contribution < 1.29 is 9.18 Å². The minimum absolute atomic E-state index is 0.0646. The Morgan fingerprint density at radius 3 is 2.21 bits per heavy atom. The van der Waals surface area contributed by atoms with Crippen molar-refractivity contribution in [2.45, 2.75) is 33.1 Å². The number of rotatable bonds is 5. The van der Waals surface area contributed by atoms with Gasteiger partial charge < -0.3 is 11.1 Å². The molecule has 0 aliphatic carbocycles. The van der Waals surface area contributed by atoms with E-state index in [1.165, 1.54) is 12.1 Å². The molecule has 0 aliphatic heterocycles. The Hall–Kier alpha value is -1.42. The average Bonchev–Trinajstić information content (AvgIpc) is 2.36. The van der Waals surface area contributed by atoms with E-state index < -0.39 is 5.41 Å². The van der Waals surface area contributed by atoms with E-state index in [0.717, 1.165) is 5.56 Å². The van der Waals surface area contributed by atoms with Crippen LogP contribution in [0, 0.1) is 11.2 Å². The molecule has 1 rings (SSSR count). The topological polar surface area (TPSA) is 55.1 Å². The number of amides is 1. The van der Waals surface area contributed by atoms with E-state index >= 15 is 0 Å². The summed E-state index contributed by atoms with van der Waals surface area (Å²) >= 11 is 0. The van der Waals surface area contributed by atoms with Gasteiger partial charge in [-0.2, -0.15) is 0 Å². The first-order chi connectivity index (χ1) is 8.69. The molecule has 0 fully saturated rings. The molecule has 0 saturated heterocycles. The summed E-state index contributed by atoms with van der Waals surface area (Å²) in [5, 5.41) is 2.91. The quantitative estimate of drug-likeness (QED) is 0.858. The minimum Gasteiger partial charge on any atom is -0.355 e. The second-order valence-electron chi connectivity index (χ2n) is 6.16. The molecular formula is C15H23FN2O. The molecule has 1 aromatic rings. The molecule has 0 aromatic heterocycles. The summed E-state index contributed by atoms with van der Waals surface area (Å²) < 4.78 is 12.9. The van der Waals surface area contributed by atoms with Crippen LogP contribution in [-0.4, -0.2) is 19.0 Å². The smallest absolute Gasteiger partial charge is 0.226 e. The fourth-order valence-corrected chi connectivity index (χ4v) is 1.64. The summed E-state index contributed by atoms with van der Waals surface area (Å²) in [6.45, 7) is 8.43. The first-order valence-corrected chi connectivity index (χ1v) is 6.43. The van der Waals surface area contributed by atoms with E-state index in [0.29, 0.717) is 13.1 Å². The molecule has 0 bridgehead atoms. The molecule has 0 radical (unpaired) electrons. The summed E-state index contributed by atoms with van der Waals surface area (Å²) in [6, 6.07) is 6.36. The van der Waals surface area contributed by atoms with Crippen molar-refractivity contribution >= 4 is 5.91 Å². The SMILES string of the molecule is CC(C)(CN)C(=O)NCC(C)(C)c1ccc(F)cc1. The van der Waals surface area contributed by atoms with Crippen molar-refractivity contribution in [1.29, 1.82) is 0 Å². The molecule has 0 aliphatic rings.